The van der Waals surface area contributed by atoms with Gasteiger partial charge in [-0.25, -0.2) is 17.6 Å². The highest BCUT2D eigenvalue weighted by Crippen LogP contribution is 2.47. The number of benzene rings is 1. The number of likely N-dealkylation sites (tertiary alicyclic amines) is 1. The van der Waals surface area contributed by atoms with Gasteiger partial charge >= 0.3 is 6.09 Å². The van der Waals surface area contributed by atoms with Crippen LogP contribution in [0.25, 0.3) is 0 Å². The van der Waals surface area contributed by atoms with Gasteiger partial charge in [0.15, 0.2) is 0 Å². The summed E-state index contributed by atoms with van der Waals surface area (Å²) < 4.78 is 52.8. The van der Waals surface area contributed by atoms with Gasteiger partial charge in [-0.2, -0.15) is 0 Å². The van der Waals surface area contributed by atoms with Crippen LogP contribution in [0.4, 0.5) is 9.18 Å². The van der Waals surface area contributed by atoms with Crippen LogP contribution in [0.2, 0.25) is 0 Å². The highest BCUT2D eigenvalue weighted by molar-refractivity contribution is 7.91. The topological polar surface area (TPSA) is 182 Å². The lowest BCUT2D eigenvalue weighted by atomic mass is 9.85. The first-order valence-corrected chi connectivity index (χ1v) is 19.1. The van der Waals surface area contributed by atoms with Crippen LogP contribution < -0.4 is 20.1 Å². The van der Waals surface area contributed by atoms with Gasteiger partial charge in [-0.1, -0.05) is 32.0 Å². The zero-order valence-electron chi connectivity index (χ0n) is 29.1. The molecule has 14 nitrogen and oxygen atoms in total. The molecule has 4 amide bonds. The minimum atomic E-state index is -3.90. The van der Waals surface area contributed by atoms with E-state index >= 15 is 0 Å². The van der Waals surface area contributed by atoms with Crippen LogP contribution >= 0.6 is 0 Å². The van der Waals surface area contributed by atoms with Crippen LogP contribution in [0.5, 0.6) is 5.75 Å². The molecular formula is C35H46FN5O9S. The van der Waals surface area contributed by atoms with Gasteiger partial charge in [-0.15, -0.1) is 6.58 Å². The summed E-state index contributed by atoms with van der Waals surface area (Å²) >= 11 is 0. The van der Waals surface area contributed by atoms with Crippen LogP contribution in [-0.4, -0.2) is 91.1 Å². The molecule has 4 fully saturated rings. The quantitative estimate of drug-likeness (QED) is 0.215. The minimum absolute atomic E-state index is 0.0333. The van der Waals surface area contributed by atoms with E-state index < -0.39 is 80.0 Å². The van der Waals surface area contributed by atoms with Crippen molar-refractivity contribution in [2.24, 2.45) is 16.5 Å². The summed E-state index contributed by atoms with van der Waals surface area (Å²) in [6.07, 6.45) is 3.99. The normalized spacial score (nSPS) is 27.3. The van der Waals surface area contributed by atoms with Crippen LogP contribution in [-0.2, 0) is 34.0 Å². The summed E-state index contributed by atoms with van der Waals surface area (Å²) in [6.45, 7) is 9.25. The summed E-state index contributed by atoms with van der Waals surface area (Å²) in [5, 5.41) is 9.17. The number of fused-ring (bicyclic) bond motifs is 1. The Labute approximate surface area is 296 Å². The monoisotopic (exact) mass is 731 g/mol. The number of hydrogen-bond donors (Lipinski definition) is 3. The summed E-state index contributed by atoms with van der Waals surface area (Å²) in [6, 6.07) is 1.80. The lowest BCUT2D eigenvalue weighted by molar-refractivity contribution is -0.143. The Morgan fingerprint density at radius 1 is 1.18 bits per heavy atom. The van der Waals surface area contributed by atoms with E-state index in [1.807, 2.05) is 0 Å². The molecule has 1 aromatic rings. The zero-order valence-corrected chi connectivity index (χ0v) is 29.9. The molecule has 0 radical (unpaired) electrons. The van der Waals surface area contributed by atoms with Crippen molar-refractivity contribution in [3.63, 3.8) is 0 Å². The number of nitrogens with one attached hydrogen (secondary N) is 3. The molecule has 3 N–H and O–H groups in total. The fourth-order valence-electron chi connectivity index (χ4n) is 6.74. The predicted molar refractivity (Wildman–Crippen MR) is 182 cm³/mol. The Balaban J connectivity index is 1.25. The molecule has 0 spiro atoms. The molecule has 1 saturated heterocycles. The zero-order chi connectivity index (χ0) is 36.7. The Morgan fingerprint density at radius 2 is 1.92 bits per heavy atom. The molecule has 5 aliphatic rings. The van der Waals surface area contributed by atoms with E-state index in [0.29, 0.717) is 49.3 Å². The molecular weight excluding hydrogens is 685 g/mol. The van der Waals surface area contributed by atoms with Crippen molar-refractivity contribution in [3.05, 3.63) is 42.2 Å². The first-order chi connectivity index (χ1) is 24.1. The highest BCUT2D eigenvalue weighted by Gasteiger charge is 2.62. The number of ether oxygens (including phenoxy) is 2. The first-order valence-electron chi connectivity index (χ1n) is 17.5. The second kappa shape index (κ2) is 14.1. The van der Waals surface area contributed by atoms with Crippen LogP contribution in [0.1, 0.15) is 84.1 Å². The van der Waals surface area contributed by atoms with Crippen molar-refractivity contribution < 1.29 is 46.3 Å². The average molecular weight is 732 g/mol. The number of hydrogen-bond acceptors (Lipinski definition) is 10. The molecule has 1 aromatic carbocycles. The fourth-order valence-corrected chi connectivity index (χ4v) is 8.10. The number of halogens is 1. The lowest BCUT2D eigenvalue weighted by Crippen LogP contribution is -2.60. The summed E-state index contributed by atoms with van der Waals surface area (Å²) in [7, 11) is -3.90. The molecule has 2 aliphatic heterocycles. The molecule has 0 unspecified atom stereocenters. The molecule has 6 rings (SSSR count). The number of carbonyl (C=O) groups excluding carboxylic acids is 4. The maximum Gasteiger partial charge on any atom is 0.408 e. The van der Waals surface area contributed by atoms with E-state index in [1.165, 1.54) is 23.1 Å². The number of oxime groups is 1. The van der Waals surface area contributed by atoms with Crippen molar-refractivity contribution in [1.29, 1.82) is 0 Å². The Bertz CT molecular complexity index is 1720. The minimum Gasteiger partial charge on any atom is -0.492 e. The third-order valence-electron chi connectivity index (χ3n) is 10.2. The number of allylic oxidation sites excluding steroid dienone is 1. The van der Waals surface area contributed by atoms with E-state index in [9.17, 15) is 32.0 Å². The van der Waals surface area contributed by atoms with Crippen molar-refractivity contribution in [1.82, 2.24) is 20.3 Å². The van der Waals surface area contributed by atoms with E-state index in [2.05, 4.69) is 27.1 Å². The smallest absolute Gasteiger partial charge is 0.408 e. The van der Waals surface area contributed by atoms with Gasteiger partial charge in [0, 0.05) is 18.4 Å². The molecule has 0 bridgehead atoms. The first kappa shape index (κ1) is 36.6. The number of rotatable bonds is 12. The molecule has 16 heteroatoms. The number of sulfonamides is 1. The van der Waals surface area contributed by atoms with E-state index in [4.69, 9.17) is 14.3 Å². The second-order valence-electron chi connectivity index (χ2n) is 15.2. The van der Waals surface area contributed by atoms with Gasteiger partial charge in [0.1, 0.15) is 41.4 Å². The SMILES string of the molecule is C=CC[C@@H]1C[C@]1(NC(=O)[C@@H]1C[C@@H](O/N=C2\CCOc3ccc(F)cc32)CN1C(=O)[C@@H](NC(=O)OC1CCC1)C(C)(C)C)C(=O)NS(=O)(=O)C1CC1. The van der Waals surface area contributed by atoms with Crippen LogP contribution in [0.3, 0.4) is 0 Å². The van der Waals surface area contributed by atoms with Crippen LogP contribution in [0, 0.1) is 17.2 Å². The Morgan fingerprint density at radius 3 is 2.57 bits per heavy atom. The maximum atomic E-state index is 14.4. The fraction of sp³-hybridized carbons (Fsp3) is 0.629. The number of carbonyl (C=O) groups is 4. The highest BCUT2D eigenvalue weighted by atomic mass is 32.2. The maximum absolute atomic E-state index is 14.4. The molecule has 3 saturated carbocycles. The van der Waals surface area contributed by atoms with Crippen LogP contribution in [0.15, 0.2) is 36.0 Å². The van der Waals surface area contributed by atoms with E-state index in [-0.39, 0.29) is 25.5 Å². The summed E-state index contributed by atoms with van der Waals surface area (Å²) in [5.74, 6) is -2.52. The largest absolute Gasteiger partial charge is 0.492 e. The summed E-state index contributed by atoms with van der Waals surface area (Å²) in [4.78, 5) is 62.2. The standard InChI is InChI=1S/C35H46FN5O9S/c1-5-7-20-18-35(20,32(44)40-51(46,47)24-11-12-24)38-30(42)27-17-23(50-39-26-14-15-48-28-13-10-21(36)16-25(26)28)19-41(27)31(43)29(34(2,3)4)37-33(45)49-22-8-6-9-22/h5,10,13,16,20,22-24,27,29H,1,6-9,11-12,14-15,17-19H2,2-4H3,(H,37,45)(H,38,42)(H,40,44)/b39-26+/t20-,23-,27+,29-,35-/m1/s1. The second-order valence-corrected chi connectivity index (χ2v) is 17.2. The van der Waals surface area contributed by atoms with Gasteiger partial charge in [0.2, 0.25) is 21.8 Å². The molecule has 51 heavy (non-hydrogen) atoms. The number of amides is 4. The third-order valence-corrected chi connectivity index (χ3v) is 12.0. The Kier molecular flexibility index (Phi) is 10.1. The molecule has 278 valence electrons. The van der Waals surface area contributed by atoms with Gasteiger partial charge in [-0.05, 0) is 74.5 Å². The average Bonchev–Trinajstić information content (AvgIpc) is 3.97. The number of nitrogens with zero attached hydrogens (tertiary/aromatic N) is 2. The third kappa shape index (κ3) is 8.00. The van der Waals surface area contributed by atoms with Gasteiger partial charge in [0.25, 0.3) is 5.91 Å². The van der Waals surface area contributed by atoms with Crippen molar-refractivity contribution in [2.45, 2.75) is 114 Å². The summed E-state index contributed by atoms with van der Waals surface area (Å²) in [5.41, 5.74) is -1.47. The van der Waals surface area contributed by atoms with Gasteiger partial charge in [-0.3, -0.25) is 19.1 Å². The van der Waals surface area contributed by atoms with Crippen molar-refractivity contribution >= 4 is 39.5 Å². The van der Waals surface area contributed by atoms with E-state index in [1.54, 1.807) is 26.8 Å². The van der Waals surface area contributed by atoms with Gasteiger partial charge in [0.05, 0.1) is 24.1 Å². The lowest BCUT2D eigenvalue weighted by Gasteiger charge is -2.36. The van der Waals surface area contributed by atoms with Gasteiger partial charge < -0.3 is 29.8 Å². The van der Waals surface area contributed by atoms with Crippen molar-refractivity contribution in [3.8, 4) is 5.75 Å². The molecule has 2 heterocycles. The van der Waals surface area contributed by atoms with E-state index in [0.717, 1.165) is 19.3 Å². The molecule has 5 atom stereocenters. The Hall–Kier alpha value is -4.21. The number of alkyl carbamates (subject to hydrolysis) is 1. The predicted octanol–water partition coefficient (Wildman–Crippen LogP) is 3.05. The van der Waals surface area contributed by atoms with Crippen molar-refractivity contribution in [2.75, 3.05) is 13.2 Å². The molecule has 0 aromatic heterocycles. The molecule has 3 aliphatic carbocycles.